The van der Waals surface area contributed by atoms with E-state index in [1.165, 1.54) is 0 Å². The number of hydrogen-bond donors (Lipinski definition) is 1. The van der Waals surface area contributed by atoms with Crippen LogP contribution >= 0.6 is 0 Å². The summed E-state index contributed by atoms with van der Waals surface area (Å²) in [4.78, 5) is 0. The quantitative estimate of drug-likeness (QED) is 0.701. The van der Waals surface area contributed by atoms with Crippen molar-refractivity contribution >= 4 is 5.69 Å². The van der Waals surface area contributed by atoms with Crippen molar-refractivity contribution in [1.82, 2.24) is 20.2 Å². The van der Waals surface area contributed by atoms with Crippen LogP contribution in [0.4, 0.5) is 5.69 Å². The Labute approximate surface area is 133 Å². The van der Waals surface area contributed by atoms with Gasteiger partial charge in [-0.15, -0.1) is 5.10 Å². The Hall–Kier alpha value is -3.09. The molecule has 7 nitrogen and oxygen atoms in total. The van der Waals surface area contributed by atoms with Gasteiger partial charge in [-0.1, -0.05) is 12.1 Å². The predicted molar refractivity (Wildman–Crippen MR) is 86.2 cm³/mol. The first-order valence-corrected chi connectivity index (χ1v) is 7.15. The van der Waals surface area contributed by atoms with Crippen LogP contribution in [0.15, 0.2) is 48.5 Å². The fraction of sp³-hybridized carbons (Fsp3) is 0.188. The predicted octanol–water partition coefficient (Wildman–Crippen LogP) is 2.01. The number of anilines is 1. The molecule has 118 valence electrons. The van der Waals surface area contributed by atoms with Crippen LogP contribution in [0.25, 0.3) is 11.4 Å². The summed E-state index contributed by atoms with van der Waals surface area (Å²) in [6.45, 7) is 0.982. The molecule has 23 heavy (non-hydrogen) atoms. The number of nitrogens with zero attached hydrogens (tertiary/aromatic N) is 4. The molecule has 0 bridgehead atoms. The zero-order valence-corrected chi connectivity index (χ0v) is 12.7. The molecule has 0 amide bonds. The molecule has 0 atom stereocenters. The Balaban J connectivity index is 1.64. The van der Waals surface area contributed by atoms with Crippen molar-refractivity contribution in [3.8, 4) is 22.9 Å². The Bertz CT molecular complexity index is 770. The zero-order valence-electron chi connectivity index (χ0n) is 12.7. The van der Waals surface area contributed by atoms with Gasteiger partial charge in [0.15, 0.2) is 5.82 Å². The minimum Gasteiger partial charge on any atom is -0.497 e. The van der Waals surface area contributed by atoms with E-state index in [1.807, 2.05) is 48.5 Å². The number of benzene rings is 2. The highest BCUT2D eigenvalue weighted by molar-refractivity contribution is 5.60. The second-order valence-corrected chi connectivity index (χ2v) is 4.88. The number of nitrogens with two attached hydrogens (primary N) is 1. The molecule has 0 radical (unpaired) electrons. The standard InChI is InChI=1S/C16H17N5O2/c1-22-14-5-7-15(8-6-14)23-10-9-21-16(18-19-20-21)12-3-2-4-13(17)11-12/h2-8,11H,9-10,17H2,1H3. The van der Waals surface area contributed by atoms with E-state index in [-0.39, 0.29) is 0 Å². The van der Waals surface area contributed by atoms with Gasteiger partial charge in [-0.05, 0) is 46.8 Å². The Morgan fingerprint density at radius 1 is 1.09 bits per heavy atom. The van der Waals surface area contributed by atoms with Gasteiger partial charge >= 0.3 is 0 Å². The summed E-state index contributed by atoms with van der Waals surface area (Å²) in [6, 6.07) is 14.9. The average molecular weight is 311 g/mol. The molecule has 0 aliphatic carbocycles. The maximum absolute atomic E-state index is 5.80. The summed E-state index contributed by atoms with van der Waals surface area (Å²) in [6.07, 6.45) is 0. The number of nitrogen functional groups attached to an aromatic ring is 1. The first kappa shape index (κ1) is 14.8. The highest BCUT2D eigenvalue weighted by Gasteiger charge is 2.09. The Morgan fingerprint density at radius 3 is 2.61 bits per heavy atom. The summed E-state index contributed by atoms with van der Waals surface area (Å²) in [5, 5.41) is 11.8. The molecular weight excluding hydrogens is 294 g/mol. The summed E-state index contributed by atoms with van der Waals surface area (Å²) in [5.41, 5.74) is 7.35. The van der Waals surface area contributed by atoms with Gasteiger partial charge in [0.05, 0.1) is 13.7 Å². The second kappa shape index (κ2) is 6.78. The lowest BCUT2D eigenvalue weighted by Crippen LogP contribution is -2.11. The van der Waals surface area contributed by atoms with Crippen LogP contribution < -0.4 is 15.2 Å². The minimum absolute atomic E-state index is 0.451. The first-order chi connectivity index (χ1) is 11.3. The first-order valence-electron chi connectivity index (χ1n) is 7.15. The molecule has 1 aromatic heterocycles. The molecule has 0 saturated heterocycles. The highest BCUT2D eigenvalue weighted by Crippen LogP contribution is 2.19. The molecule has 1 heterocycles. The van der Waals surface area contributed by atoms with E-state index >= 15 is 0 Å². The van der Waals surface area contributed by atoms with Gasteiger partial charge in [0.25, 0.3) is 0 Å². The summed E-state index contributed by atoms with van der Waals surface area (Å²) < 4.78 is 12.5. The van der Waals surface area contributed by atoms with Gasteiger partial charge in [-0.2, -0.15) is 0 Å². The SMILES string of the molecule is COc1ccc(OCCn2nnnc2-c2cccc(N)c2)cc1. The van der Waals surface area contributed by atoms with Crippen molar-refractivity contribution in [3.05, 3.63) is 48.5 Å². The van der Waals surface area contributed by atoms with E-state index in [4.69, 9.17) is 15.2 Å². The molecule has 0 saturated carbocycles. The molecule has 2 aromatic carbocycles. The number of methoxy groups -OCH3 is 1. The van der Waals surface area contributed by atoms with Gasteiger partial charge in [-0.3, -0.25) is 0 Å². The van der Waals surface area contributed by atoms with Gasteiger partial charge < -0.3 is 15.2 Å². The third-order valence-corrected chi connectivity index (χ3v) is 3.31. The van der Waals surface area contributed by atoms with Gasteiger partial charge in [0, 0.05) is 11.3 Å². The molecule has 3 rings (SSSR count). The molecule has 7 heteroatoms. The van der Waals surface area contributed by atoms with Gasteiger partial charge in [0.1, 0.15) is 18.1 Å². The number of tetrazole rings is 1. The van der Waals surface area contributed by atoms with Crippen molar-refractivity contribution in [2.75, 3.05) is 19.5 Å². The van der Waals surface area contributed by atoms with E-state index in [9.17, 15) is 0 Å². The normalized spacial score (nSPS) is 10.5. The summed E-state index contributed by atoms with van der Waals surface area (Å²) in [5.74, 6) is 2.22. The van der Waals surface area contributed by atoms with E-state index in [2.05, 4.69) is 15.5 Å². The smallest absolute Gasteiger partial charge is 0.182 e. The van der Waals surface area contributed by atoms with Crippen molar-refractivity contribution in [1.29, 1.82) is 0 Å². The lowest BCUT2D eigenvalue weighted by atomic mass is 10.2. The second-order valence-electron chi connectivity index (χ2n) is 4.88. The van der Waals surface area contributed by atoms with Gasteiger partial charge in [-0.25, -0.2) is 4.68 Å². The van der Waals surface area contributed by atoms with Crippen LogP contribution in [0, 0.1) is 0 Å². The number of ether oxygens (including phenoxy) is 2. The van der Waals surface area contributed by atoms with E-state index < -0.39 is 0 Å². The average Bonchev–Trinajstić information content (AvgIpc) is 3.04. The molecule has 2 N–H and O–H groups in total. The number of aromatic nitrogens is 4. The van der Waals surface area contributed by atoms with Crippen LogP contribution in [0.3, 0.4) is 0 Å². The van der Waals surface area contributed by atoms with E-state index in [0.29, 0.717) is 24.7 Å². The minimum atomic E-state index is 0.451. The third-order valence-electron chi connectivity index (χ3n) is 3.31. The number of rotatable bonds is 6. The molecule has 0 aliphatic rings. The molecule has 0 fully saturated rings. The van der Waals surface area contributed by atoms with Crippen molar-refractivity contribution in [2.45, 2.75) is 6.54 Å². The third kappa shape index (κ3) is 3.57. The van der Waals surface area contributed by atoms with Crippen molar-refractivity contribution < 1.29 is 9.47 Å². The molecule has 0 aliphatic heterocycles. The fourth-order valence-electron chi connectivity index (χ4n) is 2.16. The van der Waals surface area contributed by atoms with E-state index in [0.717, 1.165) is 17.1 Å². The summed E-state index contributed by atoms with van der Waals surface area (Å²) >= 11 is 0. The molecular formula is C16H17N5O2. The molecule has 0 unspecified atom stereocenters. The lowest BCUT2D eigenvalue weighted by molar-refractivity contribution is 0.290. The Morgan fingerprint density at radius 2 is 1.87 bits per heavy atom. The topological polar surface area (TPSA) is 88.1 Å². The molecule has 0 spiro atoms. The zero-order chi connectivity index (χ0) is 16.1. The highest BCUT2D eigenvalue weighted by atomic mass is 16.5. The van der Waals surface area contributed by atoms with Crippen LogP contribution in [-0.2, 0) is 6.54 Å². The van der Waals surface area contributed by atoms with Gasteiger partial charge in [0.2, 0.25) is 0 Å². The maximum Gasteiger partial charge on any atom is 0.182 e. The largest absolute Gasteiger partial charge is 0.497 e. The molecule has 3 aromatic rings. The van der Waals surface area contributed by atoms with Crippen LogP contribution in [-0.4, -0.2) is 33.9 Å². The number of hydrogen-bond acceptors (Lipinski definition) is 6. The van der Waals surface area contributed by atoms with Crippen LogP contribution in [0.2, 0.25) is 0 Å². The fourth-order valence-corrected chi connectivity index (χ4v) is 2.16. The van der Waals surface area contributed by atoms with E-state index in [1.54, 1.807) is 11.8 Å². The Kier molecular flexibility index (Phi) is 4.37. The van der Waals surface area contributed by atoms with Crippen molar-refractivity contribution in [3.63, 3.8) is 0 Å². The maximum atomic E-state index is 5.80. The monoisotopic (exact) mass is 311 g/mol. The van der Waals surface area contributed by atoms with Crippen LogP contribution in [0.1, 0.15) is 0 Å². The van der Waals surface area contributed by atoms with Crippen LogP contribution in [0.5, 0.6) is 11.5 Å². The summed E-state index contributed by atoms with van der Waals surface area (Å²) in [7, 11) is 1.63. The van der Waals surface area contributed by atoms with Crippen molar-refractivity contribution in [2.24, 2.45) is 0 Å². The lowest BCUT2D eigenvalue weighted by Gasteiger charge is -2.08.